The van der Waals surface area contributed by atoms with Gasteiger partial charge in [-0.25, -0.2) is 4.79 Å². The van der Waals surface area contributed by atoms with Crippen molar-refractivity contribution in [1.82, 2.24) is 10.2 Å². The van der Waals surface area contributed by atoms with Gasteiger partial charge in [-0.1, -0.05) is 24.3 Å². The quantitative estimate of drug-likeness (QED) is 0.884. The van der Waals surface area contributed by atoms with Crippen molar-refractivity contribution in [1.29, 1.82) is 0 Å². The van der Waals surface area contributed by atoms with E-state index >= 15 is 0 Å². The number of likely N-dealkylation sites (tertiary alicyclic amines) is 1. The van der Waals surface area contributed by atoms with Gasteiger partial charge in [-0.3, -0.25) is 4.79 Å². The van der Waals surface area contributed by atoms with Crippen LogP contribution in [0.5, 0.6) is 0 Å². The number of piperidine rings is 1. The fourth-order valence-electron chi connectivity index (χ4n) is 4.93. The van der Waals surface area contributed by atoms with E-state index in [-0.39, 0.29) is 17.9 Å². The lowest BCUT2D eigenvalue weighted by atomic mass is 9.78. The second-order valence-corrected chi connectivity index (χ2v) is 7.92. The molecule has 3 aliphatic rings. The first-order valence-corrected chi connectivity index (χ1v) is 9.50. The highest BCUT2D eigenvalue weighted by Crippen LogP contribution is 2.59. The summed E-state index contributed by atoms with van der Waals surface area (Å²) in [6.07, 6.45) is 6.24. The molecule has 134 valence electrons. The third-order valence-corrected chi connectivity index (χ3v) is 6.54. The minimum Gasteiger partial charge on any atom is -0.369 e. The summed E-state index contributed by atoms with van der Waals surface area (Å²) in [5.74, 6) is 0.242. The van der Waals surface area contributed by atoms with Gasteiger partial charge >= 0.3 is 6.03 Å². The maximum absolute atomic E-state index is 12.4. The van der Waals surface area contributed by atoms with Crippen molar-refractivity contribution in [2.24, 2.45) is 17.6 Å². The Morgan fingerprint density at radius 2 is 2.00 bits per heavy atom. The molecule has 0 bridgehead atoms. The average Bonchev–Trinajstić information content (AvgIpc) is 3.33. The fourth-order valence-corrected chi connectivity index (χ4v) is 4.93. The molecular weight excluding hydrogens is 314 g/mol. The molecule has 3 N–H and O–H groups in total. The van der Waals surface area contributed by atoms with E-state index in [1.54, 1.807) is 0 Å². The molecule has 2 aliphatic carbocycles. The molecule has 1 saturated heterocycles. The van der Waals surface area contributed by atoms with Gasteiger partial charge in [-0.05, 0) is 55.6 Å². The standard InChI is InChI=1S/C20H27N3O2/c21-18(24)15-7-10-23(11-8-15)19(25)22-13-16-12-20(16)9-3-5-14-4-1-2-6-17(14)20/h1-2,4,6,15-16H,3,5,7-13H2,(H2,21,24)(H,22,25)/t16-,20-/m1/s1. The van der Waals surface area contributed by atoms with Crippen LogP contribution < -0.4 is 11.1 Å². The van der Waals surface area contributed by atoms with E-state index in [0.29, 0.717) is 37.3 Å². The Kier molecular flexibility index (Phi) is 4.18. The summed E-state index contributed by atoms with van der Waals surface area (Å²) in [5, 5.41) is 3.13. The lowest BCUT2D eigenvalue weighted by Gasteiger charge is -2.31. The first kappa shape index (κ1) is 16.4. The molecule has 1 saturated carbocycles. The molecule has 1 aromatic carbocycles. The van der Waals surface area contributed by atoms with Crippen LogP contribution in [-0.2, 0) is 16.6 Å². The van der Waals surface area contributed by atoms with E-state index in [1.165, 1.54) is 36.8 Å². The van der Waals surface area contributed by atoms with E-state index in [2.05, 4.69) is 29.6 Å². The van der Waals surface area contributed by atoms with E-state index in [4.69, 9.17) is 5.73 Å². The summed E-state index contributed by atoms with van der Waals surface area (Å²) in [6, 6.07) is 8.82. The number of benzene rings is 1. The number of carbonyl (C=O) groups excluding carboxylic acids is 2. The van der Waals surface area contributed by atoms with Gasteiger partial charge in [0.1, 0.15) is 0 Å². The monoisotopic (exact) mass is 341 g/mol. The molecule has 5 nitrogen and oxygen atoms in total. The number of primary amides is 1. The predicted octanol–water partition coefficient (Wildman–Crippen LogP) is 2.19. The highest BCUT2D eigenvalue weighted by molar-refractivity contribution is 5.78. The summed E-state index contributed by atoms with van der Waals surface area (Å²) < 4.78 is 0. The highest BCUT2D eigenvalue weighted by Gasteiger charge is 2.56. The van der Waals surface area contributed by atoms with Gasteiger partial charge in [0, 0.05) is 31.0 Å². The fraction of sp³-hybridized carbons (Fsp3) is 0.600. The molecule has 1 aromatic rings. The Labute approximate surface area is 148 Å². The molecule has 2 atom stereocenters. The van der Waals surface area contributed by atoms with Gasteiger partial charge in [-0.2, -0.15) is 0 Å². The third-order valence-electron chi connectivity index (χ3n) is 6.54. The first-order chi connectivity index (χ1) is 12.1. The Bertz CT molecular complexity index is 681. The van der Waals surface area contributed by atoms with Gasteiger partial charge in [0.25, 0.3) is 0 Å². The number of amides is 3. The normalized spacial score (nSPS) is 28.5. The summed E-state index contributed by atoms with van der Waals surface area (Å²) in [5.41, 5.74) is 8.67. The maximum atomic E-state index is 12.4. The molecule has 25 heavy (non-hydrogen) atoms. The molecule has 1 aliphatic heterocycles. The largest absolute Gasteiger partial charge is 0.369 e. The van der Waals surface area contributed by atoms with E-state index < -0.39 is 0 Å². The minimum atomic E-state index is -0.240. The van der Waals surface area contributed by atoms with Crippen molar-refractivity contribution in [3.05, 3.63) is 35.4 Å². The van der Waals surface area contributed by atoms with Crippen LogP contribution in [0.3, 0.4) is 0 Å². The first-order valence-electron chi connectivity index (χ1n) is 9.50. The van der Waals surface area contributed by atoms with Crippen LogP contribution in [0.1, 0.15) is 43.2 Å². The van der Waals surface area contributed by atoms with Gasteiger partial charge in [0.15, 0.2) is 0 Å². The minimum absolute atomic E-state index is 0.00839. The number of carbonyl (C=O) groups is 2. The lowest BCUT2D eigenvalue weighted by Crippen LogP contribution is -2.47. The zero-order chi connectivity index (χ0) is 17.4. The van der Waals surface area contributed by atoms with Gasteiger partial charge in [0.2, 0.25) is 5.91 Å². The molecule has 1 spiro atoms. The number of hydrogen-bond acceptors (Lipinski definition) is 2. The second kappa shape index (κ2) is 6.36. The second-order valence-electron chi connectivity index (χ2n) is 7.92. The number of nitrogens with one attached hydrogen (secondary N) is 1. The van der Waals surface area contributed by atoms with Crippen LogP contribution in [0.4, 0.5) is 4.79 Å². The molecule has 2 fully saturated rings. The van der Waals surface area contributed by atoms with Crippen molar-refractivity contribution in [2.75, 3.05) is 19.6 Å². The molecule has 1 heterocycles. The van der Waals surface area contributed by atoms with E-state index in [0.717, 1.165) is 6.54 Å². The van der Waals surface area contributed by atoms with Crippen LogP contribution in [0.25, 0.3) is 0 Å². The average molecular weight is 341 g/mol. The van der Waals surface area contributed by atoms with Crippen molar-refractivity contribution in [3.63, 3.8) is 0 Å². The molecular formula is C20H27N3O2. The number of fused-ring (bicyclic) bond motifs is 2. The number of nitrogens with two attached hydrogens (primary N) is 1. The van der Waals surface area contributed by atoms with Crippen molar-refractivity contribution < 1.29 is 9.59 Å². The van der Waals surface area contributed by atoms with Crippen molar-refractivity contribution in [3.8, 4) is 0 Å². The maximum Gasteiger partial charge on any atom is 0.317 e. The summed E-state index contributed by atoms with van der Waals surface area (Å²) in [4.78, 5) is 25.5. The Balaban J connectivity index is 1.31. The molecule has 0 unspecified atom stereocenters. The topological polar surface area (TPSA) is 75.4 Å². The van der Waals surface area contributed by atoms with Crippen LogP contribution in [0.2, 0.25) is 0 Å². The SMILES string of the molecule is NC(=O)C1CCN(C(=O)NC[C@H]2C[C@]23CCCc2ccccc23)CC1. The third kappa shape index (κ3) is 3.00. The molecule has 0 radical (unpaired) electrons. The lowest BCUT2D eigenvalue weighted by molar-refractivity contribution is -0.123. The summed E-state index contributed by atoms with van der Waals surface area (Å²) >= 11 is 0. The van der Waals surface area contributed by atoms with Crippen LogP contribution in [-0.4, -0.2) is 36.5 Å². The predicted molar refractivity (Wildman–Crippen MR) is 96.1 cm³/mol. The number of aryl methyl sites for hydroxylation is 1. The smallest absolute Gasteiger partial charge is 0.317 e. The Hall–Kier alpha value is -2.04. The Morgan fingerprint density at radius 3 is 2.76 bits per heavy atom. The number of hydrogen-bond donors (Lipinski definition) is 2. The molecule has 5 heteroatoms. The number of urea groups is 1. The van der Waals surface area contributed by atoms with Gasteiger partial charge < -0.3 is 16.0 Å². The van der Waals surface area contributed by atoms with Crippen molar-refractivity contribution in [2.45, 2.75) is 43.9 Å². The molecule has 3 amide bonds. The van der Waals surface area contributed by atoms with E-state index in [1.807, 2.05) is 4.90 Å². The van der Waals surface area contributed by atoms with E-state index in [9.17, 15) is 9.59 Å². The zero-order valence-electron chi connectivity index (χ0n) is 14.7. The molecule has 0 aromatic heterocycles. The number of nitrogens with zero attached hydrogens (tertiary/aromatic N) is 1. The van der Waals surface area contributed by atoms with Crippen molar-refractivity contribution >= 4 is 11.9 Å². The van der Waals surface area contributed by atoms with Crippen LogP contribution in [0, 0.1) is 11.8 Å². The van der Waals surface area contributed by atoms with Crippen LogP contribution in [0.15, 0.2) is 24.3 Å². The van der Waals surface area contributed by atoms with Gasteiger partial charge in [0.05, 0.1) is 0 Å². The number of rotatable bonds is 3. The summed E-state index contributed by atoms with van der Waals surface area (Å²) in [6.45, 7) is 2.00. The molecule has 4 rings (SSSR count). The van der Waals surface area contributed by atoms with Gasteiger partial charge in [-0.15, -0.1) is 0 Å². The van der Waals surface area contributed by atoms with Crippen LogP contribution >= 0.6 is 0 Å². The summed E-state index contributed by atoms with van der Waals surface area (Å²) in [7, 11) is 0. The Morgan fingerprint density at radius 1 is 1.24 bits per heavy atom. The highest BCUT2D eigenvalue weighted by atomic mass is 16.2. The zero-order valence-corrected chi connectivity index (χ0v) is 14.7.